The lowest BCUT2D eigenvalue weighted by Gasteiger charge is -2.29. The van der Waals surface area contributed by atoms with Crippen LogP contribution < -0.4 is 15.1 Å². The van der Waals surface area contributed by atoms with Crippen molar-refractivity contribution in [2.24, 2.45) is 5.92 Å². The largest absolute Gasteiger partial charge is 0.396 e. The van der Waals surface area contributed by atoms with E-state index in [1.807, 2.05) is 43.3 Å². The molecule has 2 aliphatic heterocycles. The lowest BCUT2D eigenvalue weighted by molar-refractivity contribution is -0.139. The summed E-state index contributed by atoms with van der Waals surface area (Å²) in [6.45, 7) is 4.25. The standard InChI is InChI=1S/C29H33ClN6O4/c1-20(5-2-3-12-34-19-23(10-14-37)32-33-34)29(40)25-16-22(30)8-9-26(25)36(28(29)39)18-21-6-4-7-24(15-21)35-13-11-31-17-27(35)38/h2,4-9,15-16,19-20,31,37,40H,3,10-14,17-18H2,1H3/b5-2+/t20-,29+/m1/s1. The highest BCUT2D eigenvalue weighted by molar-refractivity contribution is 6.31. The van der Waals surface area contributed by atoms with E-state index in [9.17, 15) is 14.7 Å². The van der Waals surface area contributed by atoms with Crippen LogP contribution >= 0.6 is 11.6 Å². The minimum Gasteiger partial charge on any atom is -0.396 e. The predicted octanol–water partition coefficient (Wildman–Crippen LogP) is 2.42. The molecule has 210 valence electrons. The van der Waals surface area contributed by atoms with Gasteiger partial charge in [0.05, 0.1) is 24.5 Å². The number of piperazine rings is 1. The van der Waals surface area contributed by atoms with Gasteiger partial charge in [0.25, 0.3) is 5.91 Å². The van der Waals surface area contributed by atoms with Gasteiger partial charge in [0, 0.05) is 61.1 Å². The minimum atomic E-state index is -1.79. The van der Waals surface area contributed by atoms with Gasteiger partial charge in [0.2, 0.25) is 5.91 Å². The second-order valence-corrected chi connectivity index (χ2v) is 10.6. The average molecular weight is 565 g/mol. The number of allylic oxidation sites excluding steroid dienone is 1. The van der Waals surface area contributed by atoms with Gasteiger partial charge in [0.15, 0.2) is 5.60 Å². The molecule has 0 saturated carbocycles. The fourth-order valence-electron chi connectivity index (χ4n) is 5.28. The zero-order valence-electron chi connectivity index (χ0n) is 22.3. The second-order valence-electron chi connectivity index (χ2n) is 10.2. The Morgan fingerprint density at radius 2 is 2.08 bits per heavy atom. The fourth-order valence-corrected chi connectivity index (χ4v) is 5.46. The van der Waals surface area contributed by atoms with Crippen LogP contribution in [-0.2, 0) is 34.7 Å². The number of halogens is 1. The molecule has 3 heterocycles. The molecule has 2 amide bonds. The van der Waals surface area contributed by atoms with Crippen molar-refractivity contribution < 1.29 is 19.8 Å². The number of aliphatic hydroxyl groups excluding tert-OH is 1. The number of carbonyl (C=O) groups is 2. The highest BCUT2D eigenvalue weighted by atomic mass is 35.5. The summed E-state index contributed by atoms with van der Waals surface area (Å²) in [7, 11) is 0. The topological polar surface area (TPSA) is 124 Å². The van der Waals surface area contributed by atoms with Gasteiger partial charge in [-0.2, -0.15) is 0 Å². The number of benzene rings is 2. The molecule has 10 nitrogen and oxygen atoms in total. The van der Waals surface area contributed by atoms with Gasteiger partial charge in [-0.1, -0.05) is 48.0 Å². The van der Waals surface area contributed by atoms with Crippen LogP contribution in [0, 0.1) is 5.92 Å². The van der Waals surface area contributed by atoms with E-state index in [1.165, 1.54) is 0 Å². The molecular formula is C29H33ClN6O4. The first-order valence-corrected chi connectivity index (χ1v) is 13.8. The van der Waals surface area contributed by atoms with Crippen molar-refractivity contribution in [3.63, 3.8) is 0 Å². The molecular weight excluding hydrogens is 532 g/mol. The van der Waals surface area contributed by atoms with Crippen LogP contribution in [0.3, 0.4) is 0 Å². The first-order valence-electron chi connectivity index (χ1n) is 13.4. The van der Waals surface area contributed by atoms with E-state index in [-0.39, 0.29) is 19.1 Å². The highest BCUT2D eigenvalue weighted by Crippen LogP contribution is 2.46. The first-order chi connectivity index (χ1) is 19.3. The van der Waals surface area contributed by atoms with Crippen molar-refractivity contribution in [1.29, 1.82) is 0 Å². The zero-order chi connectivity index (χ0) is 28.3. The second kappa shape index (κ2) is 11.9. The molecule has 1 fully saturated rings. The van der Waals surface area contributed by atoms with Crippen LogP contribution in [0.2, 0.25) is 5.02 Å². The Bertz CT molecular complexity index is 1430. The Kier molecular flexibility index (Phi) is 8.32. The van der Waals surface area contributed by atoms with Crippen LogP contribution in [-0.4, -0.2) is 63.3 Å². The Labute approximate surface area is 237 Å². The van der Waals surface area contributed by atoms with E-state index in [4.69, 9.17) is 16.7 Å². The number of aryl methyl sites for hydroxylation is 1. The van der Waals surface area contributed by atoms with Gasteiger partial charge >= 0.3 is 0 Å². The molecule has 1 saturated heterocycles. The maximum absolute atomic E-state index is 13.9. The Hall–Kier alpha value is -3.57. The lowest BCUT2D eigenvalue weighted by atomic mass is 9.83. The number of anilines is 2. The molecule has 5 rings (SSSR count). The van der Waals surface area contributed by atoms with Crippen molar-refractivity contribution in [1.82, 2.24) is 20.3 Å². The van der Waals surface area contributed by atoms with Crippen molar-refractivity contribution in [3.05, 3.63) is 82.7 Å². The van der Waals surface area contributed by atoms with E-state index in [1.54, 1.807) is 38.9 Å². The lowest BCUT2D eigenvalue weighted by Crippen LogP contribution is -2.48. The van der Waals surface area contributed by atoms with Gasteiger partial charge in [0.1, 0.15) is 0 Å². The summed E-state index contributed by atoms with van der Waals surface area (Å²) in [5.74, 6) is -0.951. The third-order valence-corrected chi connectivity index (χ3v) is 7.68. The Morgan fingerprint density at radius 1 is 1.23 bits per heavy atom. The number of fused-ring (bicyclic) bond motifs is 1. The molecule has 3 aromatic rings. The number of aliphatic hydroxyl groups is 2. The molecule has 11 heteroatoms. The van der Waals surface area contributed by atoms with Crippen molar-refractivity contribution in [2.75, 3.05) is 36.0 Å². The van der Waals surface area contributed by atoms with Crippen LogP contribution in [0.1, 0.15) is 30.2 Å². The number of aromatic nitrogens is 3. The Morgan fingerprint density at radius 3 is 2.88 bits per heavy atom. The van der Waals surface area contributed by atoms with E-state index in [0.717, 1.165) is 23.5 Å². The monoisotopic (exact) mass is 564 g/mol. The summed E-state index contributed by atoms with van der Waals surface area (Å²) in [5.41, 5.74) is 1.66. The molecule has 2 atom stereocenters. The Balaban J connectivity index is 1.34. The molecule has 2 aliphatic rings. The average Bonchev–Trinajstić information content (AvgIpc) is 3.48. The molecule has 0 aliphatic carbocycles. The van der Waals surface area contributed by atoms with Gasteiger partial charge in [-0.25, -0.2) is 0 Å². The summed E-state index contributed by atoms with van der Waals surface area (Å²) in [6, 6.07) is 12.7. The van der Waals surface area contributed by atoms with E-state index in [2.05, 4.69) is 15.6 Å². The zero-order valence-corrected chi connectivity index (χ0v) is 23.1. The van der Waals surface area contributed by atoms with Crippen molar-refractivity contribution in [3.8, 4) is 0 Å². The summed E-state index contributed by atoms with van der Waals surface area (Å²) in [6.07, 6.45) is 6.64. The number of amides is 2. The number of hydrogen-bond acceptors (Lipinski definition) is 7. The normalized spacial score (nSPS) is 20.0. The van der Waals surface area contributed by atoms with Gasteiger partial charge in [-0.05, 0) is 42.3 Å². The van der Waals surface area contributed by atoms with E-state index >= 15 is 0 Å². The number of nitrogens with zero attached hydrogens (tertiary/aromatic N) is 5. The number of nitrogens with one attached hydrogen (secondary N) is 1. The number of hydrogen-bond donors (Lipinski definition) is 3. The van der Waals surface area contributed by atoms with Crippen molar-refractivity contribution in [2.45, 2.75) is 38.5 Å². The van der Waals surface area contributed by atoms with Crippen LogP contribution in [0.5, 0.6) is 0 Å². The van der Waals surface area contributed by atoms with Gasteiger partial charge in [-0.3, -0.25) is 14.3 Å². The summed E-state index contributed by atoms with van der Waals surface area (Å²) in [4.78, 5) is 29.6. The third-order valence-electron chi connectivity index (χ3n) is 7.45. The smallest absolute Gasteiger partial charge is 0.264 e. The SMILES string of the molecule is C[C@H](/C=C/CCn1cc(CCO)nn1)[C@@]1(O)C(=O)N(Cc2cccc(N3CCNCC3=O)c2)c2ccc(Cl)cc21. The van der Waals surface area contributed by atoms with Crippen LogP contribution in [0.4, 0.5) is 11.4 Å². The molecule has 0 radical (unpaired) electrons. The molecule has 1 aromatic heterocycles. The summed E-state index contributed by atoms with van der Waals surface area (Å²) in [5, 5.41) is 32.6. The third kappa shape index (κ3) is 5.53. The molecule has 40 heavy (non-hydrogen) atoms. The molecule has 0 bridgehead atoms. The van der Waals surface area contributed by atoms with Crippen LogP contribution in [0.25, 0.3) is 0 Å². The maximum atomic E-state index is 13.9. The summed E-state index contributed by atoms with van der Waals surface area (Å²) < 4.78 is 1.70. The molecule has 0 spiro atoms. The quantitative estimate of drug-likeness (QED) is 0.323. The van der Waals surface area contributed by atoms with E-state index < -0.39 is 17.4 Å². The molecule has 3 N–H and O–H groups in total. The fraction of sp³-hybridized carbons (Fsp3) is 0.379. The highest BCUT2D eigenvalue weighted by Gasteiger charge is 2.52. The summed E-state index contributed by atoms with van der Waals surface area (Å²) >= 11 is 6.32. The van der Waals surface area contributed by atoms with Crippen LogP contribution in [0.15, 0.2) is 60.8 Å². The first kappa shape index (κ1) is 28.0. The minimum absolute atomic E-state index is 0.00467. The number of rotatable bonds is 10. The number of carbonyl (C=O) groups excluding carboxylic acids is 2. The molecule has 2 aromatic carbocycles. The molecule has 0 unspecified atom stereocenters. The van der Waals surface area contributed by atoms with Gasteiger partial charge < -0.3 is 25.3 Å². The van der Waals surface area contributed by atoms with Crippen molar-refractivity contribution >= 4 is 34.8 Å². The van der Waals surface area contributed by atoms with Gasteiger partial charge in [-0.15, -0.1) is 5.10 Å². The maximum Gasteiger partial charge on any atom is 0.264 e. The predicted molar refractivity (Wildman–Crippen MR) is 152 cm³/mol. The van der Waals surface area contributed by atoms with E-state index in [0.29, 0.717) is 48.7 Å².